The molecule has 1 unspecified atom stereocenters. The highest BCUT2D eigenvalue weighted by molar-refractivity contribution is 5.52. The second kappa shape index (κ2) is 6.31. The maximum Gasteiger partial charge on any atom is 0.0388 e. The number of aryl methyl sites for hydroxylation is 1. The molecule has 0 bridgehead atoms. The molecule has 0 spiro atoms. The maximum atomic E-state index is 3.77. The van der Waals surface area contributed by atoms with Gasteiger partial charge in [0.25, 0.3) is 0 Å². The van der Waals surface area contributed by atoms with Crippen LogP contribution in [0, 0.1) is 0 Å². The van der Waals surface area contributed by atoms with Crippen molar-refractivity contribution < 1.29 is 0 Å². The SMILES string of the molecule is CN(C)Cc1ccccc1NC1CCc2ccccc2C1. The molecule has 2 aromatic rings. The van der Waals surface area contributed by atoms with Gasteiger partial charge >= 0.3 is 0 Å². The van der Waals surface area contributed by atoms with Crippen LogP contribution >= 0.6 is 0 Å². The molecule has 2 nitrogen and oxygen atoms in total. The van der Waals surface area contributed by atoms with E-state index in [-0.39, 0.29) is 0 Å². The topological polar surface area (TPSA) is 15.3 Å². The van der Waals surface area contributed by atoms with Gasteiger partial charge in [0.05, 0.1) is 0 Å². The second-order valence-corrected chi connectivity index (χ2v) is 6.25. The first kappa shape index (κ1) is 14.2. The lowest BCUT2D eigenvalue weighted by atomic mass is 9.88. The van der Waals surface area contributed by atoms with E-state index in [1.54, 1.807) is 0 Å². The Kier molecular flexibility index (Phi) is 4.26. The third-order valence-electron chi connectivity index (χ3n) is 4.21. The summed E-state index contributed by atoms with van der Waals surface area (Å²) in [7, 11) is 4.24. The quantitative estimate of drug-likeness (QED) is 0.918. The number of nitrogens with zero attached hydrogens (tertiary/aromatic N) is 1. The van der Waals surface area contributed by atoms with Crippen molar-refractivity contribution in [2.45, 2.75) is 31.8 Å². The summed E-state index contributed by atoms with van der Waals surface area (Å²) >= 11 is 0. The average Bonchev–Trinajstić information content (AvgIpc) is 2.49. The van der Waals surface area contributed by atoms with Crippen molar-refractivity contribution in [3.05, 3.63) is 65.2 Å². The van der Waals surface area contributed by atoms with Gasteiger partial charge in [0.1, 0.15) is 0 Å². The van der Waals surface area contributed by atoms with E-state index in [9.17, 15) is 0 Å². The summed E-state index contributed by atoms with van der Waals surface area (Å²) in [6, 6.07) is 18.1. The van der Waals surface area contributed by atoms with Crippen LogP contribution in [-0.2, 0) is 19.4 Å². The number of benzene rings is 2. The highest BCUT2D eigenvalue weighted by Gasteiger charge is 2.18. The summed E-state index contributed by atoms with van der Waals surface area (Å²) in [6.07, 6.45) is 3.53. The third-order valence-corrected chi connectivity index (χ3v) is 4.21. The van der Waals surface area contributed by atoms with Crippen molar-refractivity contribution in [3.8, 4) is 0 Å². The first-order valence-corrected chi connectivity index (χ1v) is 7.78. The zero-order valence-electron chi connectivity index (χ0n) is 13.0. The van der Waals surface area contributed by atoms with Gasteiger partial charge in [0, 0.05) is 18.3 Å². The van der Waals surface area contributed by atoms with Crippen molar-refractivity contribution in [2.24, 2.45) is 0 Å². The number of fused-ring (bicyclic) bond motifs is 1. The molecule has 0 amide bonds. The normalized spacial score (nSPS) is 17.6. The molecule has 2 aromatic carbocycles. The monoisotopic (exact) mass is 280 g/mol. The molecule has 1 aliphatic carbocycles. The molecule has 1 N–H and O–H groups in total. The Bertz CT molecular complexity index is 604. The van der Waals surface area contributed by atoms with E-state index in [0.29, 0.717) is 6.04 Å². The molecule has 0 radical (unpaired) electrons. The summed E-state index contributed by atoms with van der Waals surface area (Å²) in [5.41, 5.74) is 5.69. The molecule has 0 fully saturated rings. The highest BCUT2D eigenvalue weighted by Crippen LogP contribution is 2.25. The van der Waals surface area contributed by atoms with E-state index >= 15 is 0 Å². The highest BCUT2D eigenvalue weighted by atomic mass is 15.1. The molecule has 0 saturated heterocycles. The van der Waals surface area contributed by atoms with Crippen LogP contribution in [0.2, 0.25) is 0 Å². The van der Waals surface area contributed by atoms with Gasteiger partial charge < -0.3 is 10.2 Å². The van der Waals surface area contributed by atoms with Gasteiger partial charge in [-0.15, -0.1) is 0 Å². The molecule has 110 valence electrons. The van der Waals surface area contributed by atoms with Gasteiger partial charge in [-0.2, -0.15) is 0 Å². The fourth-order valence-electron chi connectivity index (χ4n) is 3.18. The van der Waals surface area contributed by atoms with Crippen LogP contribution in [0.5, 0.6) is 0 Å². The molecule has 1 atom stereocenters. The number of rotatable bonds is 4. The molecule has 1 aliphatic rings. The van der Waals surface area contributed by atoms with Gasteiger partial charge in [-0.3, -0.25) is 0 Å². The molecule has 0 saturated carbocycles. The number of anilines is 1. The Labute approximate surface area is 127 Å². The molecular weight excluding hydrogens is 256 g/mol. The van der Waals surface area contributed by atoms with Crippen molar-refractivity contribution >= 4 is 5.69 Å². The number of hydrogen-bond acceptors (Lipinski definition) is 2. The number of para-hydroxylation sites is 1. The van der Waals surface area contributed by atoms with Gasteiger partial charge in [-0.1, -0.05) is 42.5 Å². The van der Waals surface area contributed by atoms with Gasteiger partial charge in [-0.05, 0) is 56.1 Å². The molecule has 21 heavy (non-hydrogen) atoms. The predicted molar refractivity (Wildman–Crippen MR) is 89.7 cm³/mol. The lowest BCUT2D eigenvalue weighted by molar-refractivity contribution is 0.403. The largest absolute Gasteiger partial charge is 0.382 e. The molecule has 0 aliphatic heterocycles. The van der Waals surface area contributed by atoms with Crippen LogP contribution in [0.3, 0.4) is 0 Å². The fraction of sp³-hybridized carbons (Fsp3) is 0.368. The van der Waals surface area contributed by atoms with E-state index in [2.05, 4.69) is 72.8 Å². The molecule has 2 heteroatoms. The van der Waals surface area contributed by atoms with Crippen LogP contribution in [0.15, 0.2) is 48.5 Å². The van der Waals surface area contributed by atoms with E-state index in [4.69, 9.17) is 0 Å². The minimum absolute atomic E-state index is 0.545. The molecule has 3 rings (SSSR count). The third kappa shape index (κ3) is 3.45. The van der Waals surface area contributed by atoms with Crippen molar-refractivity contribution in [3.63, 3.8) is 0 Å². The first-order valence-electron chi connectivity index (χ1n) is 7.78. The van der Waals surface area contributed by atoms with Crippen LogP contribution in [0.25, 0.3) is 0 Å². The summed E-state index contributed by atoms with van der Waals surface area (Å²) in [4.78, 5) is 2.22. The lowest BCUT2D eigenvalue weighted by Crippen LogP contribution is -2.28. The van der Waals surface area contributed by atoms with E-state index in [0.717, 1.165) is 13.0 Å². The van der Waals surface area contributed by atoms with E-state index in [1.807, 2.05) is 0 Å². The summed E-state index contributed by atoms with van der Waals surface area (Å²) in [6.45, 7) is 0.979. The van der Waals surface area contributed by atoms with Crippen molar-refractivity contribution in [1.82, 2.24) is 4.90 Å². The van der Waals surface area contributed by atoms with Gasteiger partial charge in [0.2, 0.25) is 0 Å². The van der Waals surface area contributed by atoms with Gasteiger partial charge in [-0.25, -0.2) is 0 Å². The van der Waals surface area contributed by atoms with Crippen molar-refractivity contribution in [2.75, 3.05) is 19.4 Å². The van der Waals surface area contributed by atoms with Crippen molar-refractivity contribution in [1.29, 1.82) is 0 Å². The van der Waals surface area contributed by atoms with E-state index in [1.165, 1.54) is 35.2 Å². The van der Waals surface area contributed by atoms with Crippen LogP contribution < -0.4 is 5.32 Å². The number of hydrogen-bond donors (Lipinski definition) is 1. The minimum Gasteiger partial charge on any atom is -0.382 e. The van der Waals surface area contributed by atoms with Crippen LogP contribution in [0.1, 0.15) is 23.1 Å². The number of nitrogens with one attached hydrogen (secondary N) is 1. The smallest absolute Gasteiger partial charge is 0.0388 e. The summed E-state index contributed by atoms with van der Waals surface area (Å²) in [5.74, 6) is 0. The maximum absolute atomic E-state index is 3.77. The molecular formula is C19H24N2. The standard InChI is InChI=1S/C19H24N2/c1-21(2)14-17-9-5-6-10-19(17)20-18-12-11-15-7-3-4-8-16(15)13-18/h3-10,18,20H,11-14H2,1-2H3. The zero-order valence-corrected chi connectivity index (χ0v) is 13.0. The first-order chi connectivity index (χ1) is 10.2. The predicted octanol–water partition coefficient (Wildman–Crippen LogP) is 3.72. The second-order valence-electron chi connectivity index (χ2n) is 6.25. The Morgan fingerprint density at radius 3 is 2.52 bits per heavy atom. The molecule has 0 heterocycles. The Morgan fingerprint density at radius 2 is 1.71 bits per heavy atom. The zero-order chi connectivity index (χ0) is 14.7. The van der Waals surface area contributed by atoms with Crippen LogP contribution in [-0.4, -0.2) is 25.0 Å². The Balaban J connectivity index is 1.73. The molecule has 0 aromatic heterocycles. The summed E-state index contributed by atoms with van der Waals surface area (Å²) < 4.78 is 0. The lowest BCUT2D eigenvalue weighted by Gasteiger charge is -2.27. The Hall–Kier alpha value is -1.80. The Morgan fingerprint density at radius 1 is 1.00 bits per heavy atom. The van der Waals surface area contributed by atoms with Gasteiger partial charge in [0.15, 0.2) is 0 Å². The fourth-order valence-corrected chi connectivity index (χ4v) is 3.18. The van der Waals surface area contributed by atoms with E-state index < -0.39 is 0 Å². The van der Waals surface area contributed by atoms with Crippen LogP contribution in [0.4, 0.5) is 5.69 Å². The summed E-state index contributed by atoms with van der Waals surface area (Å²) in [5, 5.41) is 3.77. The minimum atomic E-state index is 0.545. The average molecular weight is 280 g/mol.